The molecule has 0 radical (unpaired) electrons. The number of anilines is 2. The first-order valence-corrected chi connectivity index (χ1v) is 9.49. The second-order valence-electron chi connectivity index (χ2n) is 7.17. The molecule has 1 atom stereocenters. The van der Waals surface area contributed by atoms with Crippen molar-refractivity contribution in [2.75, 3.05) is 10.2 Å². The number of esters is 1. The van der Waals surface area contributed by atoms with E-state index in [4.69, 9.17) is 4.74 Å². The van der Waals surface area contributed by atoms with E-state index >= 15 is 0 Å². The Morgan fingerprint density at radius 1 is 1.15 bits per heavy atom. The Labute approximate surface area is 166 Å². The fourth-order valence-electron chi connectivity index (χ4n) is 3.00. The van der Waals surface area contributed by atoms with Gasteiger partial charge in [0.05, 0.1) is 12.5 Å². The second kappa shape index (κ2) is 7.26. The molecule has 0 spiro atoms. The first kappa shape index (κ1) is 18.7. The summed E-state index contributed by atoms with van der Waals surface area (Å²) in [5, 5.41) is 2.91. The fourth-order valence-corrected chi connectivity index (χ4v) is 3.36. The number of benzene rings is 2. The highest BCUT2D eigenvalue weighted by Gasteiger charge is 2.35. The smallest absolute Gasteiger partial charge is 0.326 e. The van der Waals surface area contributed by atoms with Gasteiger partial charge in [0.25, 0.3) is 0 Å². The van der Waals surface area contributed by atoms with Gasteiger partial charge >= 0.3 is 12.0 Å². The van der Waals surface area contributed by atoms with Crippen molar-refractivity contribution >= 4 is 46.0 Å². The van der Waals surface area contributed by atoms with Gasteiger partial charge in [0.1, 0.15) is 5.60 Å². The zero-order valence-corrected chi connectivity index (χ0v) is 17.1. The van der Waals surface area contributed by atoms with Gasteiger partial charge in [0.2, 0.25) is 0 Å². The number of para-hydroxylation sites is 1. The molecule has 0 saturated carbocycles. The maximum Gasteiger partial charge on any atom is 0.326 e. The van der Waals surface area contributed by atoms with E-state index in [0.717, 1.165) is 20.5 Å². The Bertz CT molecular complexity index is 828. The topological polar surface area (TPSA) is 58.6 Å². The molecule has 1 aliphatic rings. The van der Waals surface area contributed by atoms with Gasteiger partial charge in [-0.1, -0.05) is 18.2 Å². The predicted molar refractivity (Wildman–Crippen MR) is 110 cm³/mol. The van der Waals surface area contributed by atoms with E-state index in [0.29, 0.717) is 0 Å². The number of nitrogens with one attached hydrogen (secondary N) is 1. The fraction of sp³-hybridized carbons (Fsp3) is 0.300. The number of urea groups is 1. The first-order valence-electron chi connectivity index (χ1n) is 8.41. The summed E-state index contributed by atoms with van der Waals surface area (Å²) in [6.45, 7) is 5.51. The molecule has 0 fully saturated rings. The van der Waals surface area contributed by atoms with E-state index in [1.807, 2.05) is 69.3 Å². The molecule has 6 heteroatoms. The van der Waals surface area contributed by atoms with Crippen LogP contribution in [0.15, 0.2) is 48.5 Å². The van der Waals surface area contributed by atoms with E-state index in [2.05, 4.69) is 27.9 Å². The molecular formula is C20H21IN2O3. The third-order valence-corrected chi connectivity index (χ3v) is 4.70. The molecule has 0 aliphatic carbocycles. The minimum Gasteiger partial charge on any atom is -0.460 e. The van der Waals surface area contributed by atoms with E-state index in [9.17, 15) is 9.59 Å². The van der Waals surface area contributed by atoms with Gasteiger partial charge < -0.3 is 10.1 Å². The summed E-state index contributed by atoms with van der Waals surface area (Å²) in [6, 6.07) is 14.5. The summed E-state index contributed by atoms with van der Waals surface area (Å²) in [5.74, 6) is -0.331. The average Bonchev–Trinajstić information content (AvgIpc) is 2.54. The number of nitrogens with zero attached hydrogens (tertiary/aromatic N) is 1. The standard InChI is InChI=1S/C20H21IN2O3/c1-20(2,3)26-18(24)12-17-15-6-4-5-7-16(15)22-19(25)23(17)14-10-8-13(21)9-11-14/h4-11,17H,12H2,1-3H3,(H,22,25)/t17-/m1/s1. The van der Waals surface area contributed by atoms with E-state index in [1.165, 1.54) is 0 Å². The predicted octanol–water partition coefficient (Wildman–Crippen LogP) is 5.12. The van der Waals surface area contributed by atoms with Gasteiger partial charge in [-0.05, 0) is 79.3 Å². The molecule has 1 N–H and O–H groups in total. The maximum absolute atomic E-state index is 12.8. The Morgan fingerprint density at radius 2 is 1.81 bits per heavy atom. The van der Waals surface area contributed by atoms with Gasteiger partial charge in [-0.15, -0.1) is 0 Å². The van der Waals surface area contributed by atoms with Crippen LogP contribution in [0.4, 0.5) is 16.2 Å². The Morgan fingerprint density at radius 3 is 2.46 bits per heavy atom. The molecule has 0 saturated heterocycles. The number of ether oxygens (including phenoxy) is 1. The molecule has 0 aromatic heterocycles. The molecule has 5 nitrogen and oxygen atoms in total. The molecular weight excluding hydrogens is 443 g/mol. The third-order valence-electron chi connectivity index (χ3n) is 3.98. The van der Waals surface area contributed by atoms with Gasteiger partial charge in [-0.2, -0.15) is 0 Å². The molecule has 1 aliphatic heterocycles. The van der Waals surface area contributed by atoms with Crippen molar-refractivity contribution in [1.82, 2.24) is 0 Å². The quantitative estimate of drug-likeness (QED) is 0.507. The SMILES string of the molecule is CC(C)(C)OC(=O)C[C@@H]1c2ccccc2NC(=O)N1c1ccc(I)cc1. The normalized spacial score (nSPS) is 16.7. The molecule has 0 unspecified atom stereocenters. The monoisotopic (exact) mass is 464 g/mol. The van der Waals surface area contributed by atoms with Gasteiger partial charge in [-0.3, -0.25) is 9.69 Å². The lowest BCUT2D eigenvalue weighted by molar-refractivity contribution is -0.155. The van der Waals surface area contributed by atoms with Crippen molar-refractivity contribution in [3.05, 3.63) is 57.7 Å². The van der Waals surface area contributed by atoms with Crippen LogP contribution in [0.3, 0.4) is 0 Å². The van der Waals surface area contributed by atoms with Crippen LogP contribution in [0, 0.1) is 3.57 Å². The summed E-state index contributed by atoms with van der Waals surface area (Å²) in [4.78, 5) is 26.9. The molecule has 3 rings (SSSR count). The number of hydrogen-bond donors (Lipinski definition) is 1. The summed E-state index contributed by atoms with van der Waals surface area (Å²) in [7, 11) is 0. The lowest BCUT2D eigenvalue weighted by Gasteiger charge is -2.37. The largest absolute Gasteiger partial charge is 0.460 e. The van der Waals surface area contributed by atoms with Crippen molar-refractivity contribution in [2.24, 2.45) is 0 Å². The van der Waals surface area contributed by atoms with Crippen molar-refractivity contribution < 1.29 is 14.3 Å². The van der Waals surface area contributed by atoms with Gasteiger partial charge in [0, 0.05) is 14.9 Å². The Balaban J connectivity index is 1.99. The number of hydrogen-bond acceptors (Lipinski definition) is 3. The van der Waals surface area contributed by atoms with Crippen LogP contribution in [-0.4, -0.2) is 17.6 Å². The highest BCUT2D eigenvalue weighted by Crippen LogP contribution is 2.38. The molecule has 0 bridgehead atoms. The van der Waals surface area contributed by atoms with Crippen molar-refractivity contribution in [3.63, 3.8) is 0 Å². The summed E-state index contributed by atoms with van der Waals surface area (Å²) in [5.41, 5.74) is 1.80. The Hall–Kier alpha value is -2.09. The molecule has 1 heterocycles. The third kappa shape index (κ3) is 4.17. The first-order chi connectivity index (χ1) is 12.2. The highest BCUT2D eigenvalue weighted by atomic mass is 127. The number of fused-ring (bicyclic) bond motifs is 1. The number of carbonyl (C=O) groups is 2. The van der Waals surface area contributed by atoms with Gasteiger partial charge in [0.15, 0.2) is 0 Å². The maximum atomic E-state index is 12.8. The molecule has 2 amide bonds. The molecule has 2 aromatic rings. The highest BCUT2D eigenvalue weighted by molar-refractivity contribution is 14.1. The minimum absolute atomic E-state index is 0.0910. The van der Waals surface area contributed by atoms with Crippen LogP contribution >= 0.6 is 22.6 Å². The molecule has 136 valence electrons. The van der Waals surface area contributed by atoms with Crippen molar-refractivity contribution in [1.29, 1.82) is 0 Å². The molecule has 26 heavy (non-hydrogen) atoms. The van der Waals surface area contributed by atoms with Crippen LogP contribution < -0.4 is 10.2 Å². The summed E-state index contributed by atoms with van der Waals surface area (Å²) in [6.07, 6.45) is 0.0910. The molecule has 2 aromatic carbocycles. The van der Waals surface area contributed by atoms with Crippen LogP contribution in [0.25, 0.3) is 0 Å². The average molecular weight is 464 g/mol. The van der Waals surface area contributed by atoms with E-state index < -0.39 is 11.6 Å². The second-order valence-corrected chi connectivity index (χ2v) is 8.42. The van der Waals surface area contributed by atoms with E-state index in [-0.39, 0.29) is 18.4 Å². The number of halogens is 1. The van der Waals surface area contributed by atoms with Crippen LogP contribution in [0.5, 0.6) is 0 Å². The minimum atomic E-state index is -0.568. The zero-order valence-electron chi connectivity index (χ0n) is 15.0. The van der Waals surface area contributed by atoms with Gasteiger partial charge in [-0.25, -0.2) is 4.79 Å². The summed E-state index contributed by atoms with van der Waals surface area (Å²) >= 11 is 2.22. The van der Waals surface area contributed by atoms with Crippen molar-refractivity contribution in [2.45, 2.75) is 38.8 Å². The summed E-state index contributed by atoms with van der Waals surface area (Å²) < 4.78 is 6.57. The van der Waals surface area contributed by atoms with Crippen LogP contribution in [-0.2, 0) is 9.53 Å². The number of rotatable bonds is 3. The van der Waals surface area contributed by atoms with Crippen LogP contribution in [0.2, 0.25) is 0 Å². The lowest BCUT2D eigenvalue weighted by Crippen LogP contribution is -2.43. The van der Waals surface area contributed by atoms with E-state index in [1.54, 1.807) is 4.90 Å². The lowest BCUT2D eigenvalue weighted by atomic mass is 9.97. The number of amides is 2. The number of carbonyl (C=O) groups excluding carboxylic acids is 2. The van der Waals surface area contributed by atoms with Crippen molar-refractivity contribution in [3.8, 4) is 0 Å². The van der Waals surface area contributed by atoms with Crippen LogP contribution in [0.1, 0.15) is 38.8 Å². The Kier molecular flexibility index (Phi) is 5.22. The zero-order chi connectivity index (χ0) is 18.9.